The summed E-state index contributed by atoms with van der Waals surface area (Å²) < 4.78 is 7.15. The number of nitrogens with zero attached hydrogens (tertiary/aromatic N) is 4. The van der Waals surface area contributed by atoms with Gasteiger partial charge in [0.25, 0.3) is 0 Å². The number of ether oxygens (including phenoxy) is 1. The Hall–Kier alpha value is -1.36. The van der Waals surface area contributed by atoms with Gasteiger partial charge in [0, 0.05) is 0 Å². The van der Waals surface area contributed by atoms with Crippen LogP contribution in [0.3, 0.4) is 0 Å². The maximum atomic E-state index is 5.83. The fourth-order valence-corrected chi connectivity index (χ4v) is 2.54. The first-order valence-corrected chi connectivity index (χ1v) is 6.12. The molecular formula is C11H13ClN4O. The molecule has 90 valence electrons. The highest BCUT2D eigenvalue weighted by atomic mass is 35.5. The molecule has 6 heteroatoms. The highest BCUT2D eigenvalue weighted by Crippen LogP contribution is 2.31. The minimum absolute atomic E-state index is 0.195. The van der Waals surface area contributed by atoms with Crippen LogP contribution in [-0.4, -0.2) is 26.9 Å². The first-order chi connectivity index (χ1) is 8.28. The van der Waals surface area contributed by atoms with Crippen LogP contribution < -0.4 is 4.74 Å². The second-order valence-corrected chi connectivity index (χ2v) is 4.62. The molecule has 1 aliphatic rings. The normalized spacial score (nSPS) is 16.8. The van der Waals surface area contributed by atoms with Crippen molar-refractivity contribution in [2.75, 3.05) is 7.11 Å². The zero-order chi connectivity index (χ0) is 11.8. The van der Waals surface area contributed by atoms with E-state index in [1.54, 1.807) is 7.11 Å². The molecule has 1 aliphatic carbocycles. The van der Waals surface area contributed by atoms with E-state index in [2.05, 4.69) is 15.1 Å². The highest BCUT2D eigenvalue weighted by molar-refractivity contribution is 6.28. The van der Waals surface area contributed by atoms with Gasteiger partial charge in [-0.1, -0.05) is 12.8 Å². The predicted octanol–water partition coefficient (Wildman–Crippen LogP) is 2.60. The number of hydrogen-bond acceptors (Lipinski definition) is 4. The third-order valence-corrected chi connectivity index (χ3v) is 3.38. The molecule has 0 spiro atoms. The number of aromatic nitrogens is 4. The van der Waals surface area contributed by atoms with E-state index in [0.717, 1.165) is 5.52 Å². The van der Waals surface area contributed by atoms with Gasteiger partial charge in [0.1, 0.15) is 5.52 Å². The van der Waals surface area contributed by atoms with Gasteiger partial charge in [-0.05, 0) is 24.4 Å². The molecule has 0 atom stereocenters. The molecule has 2 heterocycles. The third-order valence-electron chi connectivity index (χ3n) is 3.21. The van der Waals surface area contributed by atoms with Crippen LogP contribution >= 0.6 is 11.6 Å². The minimum atomic E-state index is 0.195. The number of methoxy groups -OCH3 is 1. The smallest absolute Gasteiger partial charge is 0.246 e. The van der Waals surface area contributed by atoms with Gasteiger partial charge in [-0.2, -0.15) is 10.1 Å². The largest absolute Gasteiger partial charge is 0.479 e. The predicted molar refractivity (Wildman–Crippen MR) is 64.4 cm³/mol. The first-order valence-electron chi connectivity index (χ1n) is 5.74. The highest BCUT2D eigenvalue weighted by Gasteiger charge is 2.20. The lowest BCUT2D eigenvalue weighted by Crippen LogP contribution is -2.04. The molecule has 0 bridgehead atoms. The van der Waals surface area contributed by atoms with Gasteiger partial charge in [-0.3, -0.25) is 4.68 Å². The molecule has 17 heavy (non-hydrogen) atoms. The van der Waals surface area contributed by atoms with Crippen LogP contribution in [-0.2, 0) is 0 Å². The molecule has 5 nitrogen and oxygen atoms in total. The van der Waals surface area contributed by atoms with E-state index >= 15 is 0 Å². The van der Waals surface area contributed by atoms with E-state index in [1.165, 1.54) is 25.7 Å². The quantitative estimate of drug-likeness (QED) is 0.771. The molecule has 1 fully saturated rings. The summed E-state index contributed by atoms with van der Waals surface area (Å²) in [6.07, 6.45) is 6.82. The van der Waals surface area contributed by atoms with Crippen molar-refractivity contribution in [1.82, 2.24) is 19.7 Å². The number of fused-ring (bicyclic) bond motifs is 1. The van der Waals surface area contributed by atoms with Gasteiger partial charge >= 0.3 is 0 Å². The second kappa shape index (κ2) is 4.14. The van der Waals surface area contributed by atoms with Crippen molar-refractivity contribution < 1.29 is 4.74 Å². The lowest BCUT2D eigenvalue weighted by molar-refractivity contribution is 0.400. The molecule has 0 unspecified atom stereocenters. The Kier molecular flexibility index (Phi) is 2.63. The van der Waals surface area contributed by atoms with Gasteiger partial charge in [-0.25, -0.2) is 4.98 Å². The van der Waals surface area contributed by atoms with Crippen LogP contribution in [0.25, 0.3) is 11.0 Å². The summed E-state index contributed by atoms with van der Waals surface area (Å²) in [6, 6.07) is 0.479. The Bertz CT molecular complexity index is 548. The van der Waals surface area contributed by atoms with Crippen molar-refractivity contribution in [3.8, 4) is 5.88 Å². The minimum Gasteiger partial charge on any atom is -0.479 e. The van der Waals surface area contributed by atoms with Crippen LogP contribution in [0.4, 0.5) is 0 Å². The van der Waals surface area contributed by atoms with E-state index in [1.807, 2.05) is 10.9 Å². The molecule has 0 radical (unpaired) electrons. The fourth-order valence-electron chi connectivity index (χ4n) is 2.38. The first kappa shape index (κ1) is 10.8. The third kappa shape index (κ3) is 1.84. The number of hydrogen-bond donors (Lipinski definition) is 0. The van der Waals surface area contributed by atoms with Crippen molar-refractivity contribution in [3.05, 3.63) is 11.5 Å². The van der Waals surface area contributed by atoms with Gasteiger partial charge in [-0.15, -0.1) is 0 Å². The molecule has 3 rings (SSSR count). The Morgan fingerprint density at radius 2 is 2.12 bits per heavy atom. The monoisotopic (exact) mass is 252 g/mol. The van der Waals surface area contributed by atoms with Crippen molar-refractivity contribution in [2.24, 2.45) is 0 Å². The number of rotatable bonds is 2. The van der Waals surface area contributed by atoms with E-state index in [4.69, 9.17) is 16.3 Å². The molecule has 2 aromatic rings. The molecule has 0 N–H and O–H groups in total. The second-order valence-electron chi connectivity index (χ2n) is 4.28. The topological polar surface area (TPSA) is 52.8 Å². The maximum absolute atomic E-state index is 5.83. The summed E-state index contributed by atoms with van der Waals surface area (Å²) in [5.41, 5.74) is 1.43. The summed E-state index contributed by atoms with van der Waals surface area (Å²) >= 11 is 5.83. The lowest BCUT2D eigenvalue weighted by atomic mass is 10.3. The summed E-state index contributed by atoms with van der Waals surface area (Å²) in [6.45, 7) is 0. The van der Waals surface area contributed by atoms with Crippen LogP contribution in [0.1, 0.15) is 31.7 Å². The van der Waals surface area contributed by atoms with Crippen LogP contribution in [0, 0.1) is 0 Å². The summed E-state index contributed by atoms with van der Waals surface area (Å²) in [5, 5.41) is 4.71. The average Bonchev–Trinajstić information content (AvgIpc) is 2.95. The Morgan fingerprint density at radius 3 is 2.82 bits per heavy atom. The van der Waals surface area contributed by atoms with Crippen molar-refractivity contribution in [1.29, 1.82) is 0 Å². The molecule has 0 amide bonds. The number of halogens is 1. The van der Waals surface area contributed by atoms with Crippen LogP contribution in [0.5, 0.6) is 5.88 Å². The van der Waals surface area contributed by atoms with Crippen LogP contribution in [0.15, 0.2) is 6.20 Å². The standard InChI is InChI=1S/C11H13ClN4O/c1-17-10-9-8(13-11(12)14-10)6-16(15-9)7-4-2-3-5-7/h6-7H,2-5H2,1H3. The Morgan fingerprint density at radius 1 is 1.35 bits per heavy atom. The Labute approximate surface area is 104 Å². The molecule has 0 aromatic carbocycles. The average molecular weight is 253 g/mol. The molecule has 0 aliphatic heterocycles. The van der Waals surface area contributed by atoms with Crippen molar-refractivity contribution in [3.63, 3.8) is 0 Å². The van der Waals surface area contributed by atoms with Crippen molar-refractivity contribution >= 4 is 22.6 Å². The van der Waals surface area contributed by atoms with Gasteiger partial charge in [0.15, 0.2) is 5.52 Å². The van der Waals surface area contributed by atoms with Gasteiger partial charge in [0.05, 0.1) is 19.3 Å². The van der Waals surface area contributed by atoms with Crippen LogP contribution in [0.2, 0.25) is 5.28 Å². The summed E-state index contributed by atoms with van der Waals surface area (Å²) in [5.74, 6) is 0.441. The van der Waals surface area contributed by atoms with Gasteiger partial charge in [0.2, 0.25) is 11.2 Å². The lowest BCUT2D eigenvalue weighted by Gasteiger charge is -2.07. The van der Waals surface area contributed by atoms with Crippen molar-refractivity contribution in [2.45, 2.75) is 31.7 Å². The zero-order valence-electron chi connectivity index (χ0n) is 9.56. The summed E-state index contributed by atoms with van der Waals surface area (Å²) in [4.78, 5) is 8.18. The molecule has 0 saturated heterocycles. The summed E-state index contributed by atoms with van der Waals surface area (Å²) in [7, 11) is 1.56. The van der Waals surface area contributed by atoms with E-state index in [9.17, 15) is 0 Å². The fraction of sp³-hybridized carbons (Fsp3) is 0.545. The van der Waals surface area contributed by atoms with E-state index in [-0.39, 0.29) is 5.28 Å². The zero-order valence-corrected chi connectivity index (χ0v) is 10.3. The van der Waals surface area contributed by atoms with E-state index in [0.29, 0.717) is 17.4 Å². The molecule has 2 aromatic heterocycles. The maximum Gasteiger partial charge on any atom is 0.246 e. The SMILES string of the molecule is COc1nc(Cl)nc2cn(C3CCCC3)nc12. The Balaban J connectivity index is 2.11. The van der Waals surface area contributed by atoms with E-state index < -0.39 is 0 Å². The van der Waals surface area contributed by atoms with Gasteiger partial charge < -0.3 is 4.74 Å². The molecule has 1 saturated carbocycles. The molecular weight excluding hydrogens is 240 g/mol.